The molecule has 0 spiro atoms. The van der Waals surface area contributed by atoms with Crippen LogP contribution in [0.15, 0.2) is 95.2 Å². The zero-order chi connectivity index (χ0) is 31.5. The van der Waals surface area contributed by atoms with Crippen molar-refractivity contribution in [2.24, 2.45) is 0 Å². The van der Waals surface area contributed by atoms with Crippen LogP contribution in [0.25, 0.3) is 22.1 Å². The number of nitrogens with one attached hydrogen (secondary N) is 1. The molecule has 6 aromatic rings. The molecule has 1 N–H and O–H groups in total. The summed E-state index contributed by atoms with van der Waals surface area (Å²) in [6.07, 6.45) is 3.07. The van der Waals surface area contributed by atoms with Crippen molar-refractivity contribution in [3.8, 4) is 0 Å². The second-order valence-corrected chi connectivity index (χ2v) is 14.6. The van der Waals surface area contributed by atoms with Gasteiger partial charge in [-0.05, 0) is 88.1 Å². The molecule has 11 heteroatoms. The number of aromatic nitrogens is 4. The summed E-state index contributed by atoms with van der Waals surface area (Å²) in [5.74, 6) is 0. The normalized spacial score (nSPS) is 11.5. The smallest absolute Gasteiger partial charge is 0.270 e. The van der Waals surface area contributed by atoms with Crippen LogP contribution >= 0.6 is 10.7 Å². The zero-order valence-electron chi connectivity index (χ0n) is 24.8. The highest BCUT2D eigenvalue weighted by molar-refractivity contribution is 8.13. The first kappa shape index (κ1) is 31.9. The third-order valence-electron chi connectivity index (χ3n) is 6.72. The highest BCUT2D eigenvalue weighted by Crippen LogP contribution is 2.27. The first-order valence-corrected chi connectivity index (χ1v) is 17.1. The van der Waals surface area contributed by atoms with Crippen molar-refractivity contribution < 1.29 is 16.8 Å². The van der Waals surface area contributed by atoms with Crippen LogP contribution in [0.3, 0.4) is 0 Å². The lowest BCUT2D eigenvalue weighted by molar-refractivity contribution is 0.587. The molecule has 4 aromatic carbocycles. The van der Waals surface area contributed by atoms with Crippen LogP contribution in [0.2, 0.25) is 0 Å². The number of imidazole rings is 2. The number of H-pyrrole nitrogens is 1. The van der Waals surface area contributed by atoms with E-state index in [1.807, 2.05) is 88.4 Å². The number of para-hydroxylation sites is 4. The Kier molecular flexibility index (Phi) is 9.44. The highest BCUT2D eigenvalue weighted by Gasteiger charge is 2.24. The topological polar surface area (TPSA) is 115 Å². The van der Waals surface area contributed by atoms with Crippen molar-refractivity contribution in [3.63, 3.8) is 0 Å². The number of halogens is 1. The van der Waals surface area contributed by atoms with E-state index in [0.717, 1.165) is 33.3 Å². The summed E-state index contributed by atoms with van der Waals surface area (Å²) < 4.78 is 49.5. The lowest BCUT2D eigenvalue weighted by Gasteiger charge is -2.13. The minimum atomic E-state index is -3.65. The maximum atomic E-state index is 13.0. The SMILES string of the molecule is Cc1cc(C)c(S(=O)(=O)Cl)c(C)c1.Cc1cc(C)c(S(=O)(=O)n2cnc3ccccc32)c(C)c1.c1ccc2[nH]cnc2c1. The van der Waals surface area contributed by atoms with Gasteiger partial charge in [0.15, 0.2) is 0 Å². The molecule has 43 heavy (non-hydrogen) atoms. The number of hydrogen-bond donors (Lipinski definition) is 1. The van der Waals surface area contributed by atoms with E-state index in [2.05, 4.69) is 15.0 Å². The molecule has 224 valence electrons. The van der Waals surface area contributed by atoms with Crippen LogP contribution < -0.4 is 0 Å². The minimum Gasteiger partial charge on any atom is -0.345 e. The van der Waals surface area contributed by atoms with E-state index in [1.165, 1.54) is 10.3 Å². The second kappa shape index (κ2) is 12.7. The van der Waals surface area contributed by atoms with E-state index in [9.17, 15) is 16.8 Å². The molecule has 0 aliphatic carbocycles. The lowest BCUT2D eigenvalue weighted by Crippen LogP contribution is -2.15. The van der Waals surface area contributed by atoms with Gasteiger partial charge in [-0.2, -0.15) is 0 Å². The highest BCUT2D eigenvalue weighted by atomic mass is 35.7. The summed E-state index contributed by atoms with van der Waals surface area (Å²) in [6.45, 7) is 11.0. The van der Waals surface area contributed by atoms with Crippen LogP contribution in [0, 0.1) is 41.5 Å². The zero-order valence-corrected chi connectivity index (χ0v) is 27.1. The molecule has 0 unspecified atom stereocenters. The molecule has 2 heterocycles. The van der Waals surface area contributed by atoms with Gasteiger partial charge in [0.05, 0.1) is 38.2 Å². The van der Waals surface area contributed by atoms with Gasteiger partial charge in [0.25, 0.3) is 19.1 Å². The predicted octanol–water partition coefficient (Wildman–Crippen LogP) is 7.30. The van der Waals surface area contributed by atoms with E-state index in [0.29, 0.717) is 27.1 Å². The van der Waals surface area contributed by atoms with Crippen molar-refractivity contribution >= 4 is 51.8 Å². The number of hydrogen-bond acceptors (Lipinski definition) is 6. The maximum Gasteiger partial charge on any atom is 0.270 e. The van der Waals surface area contributed by atoms with E-state index in [-0.39, 0.29) is 4.90 Å². The molecule has 0 amide bonds. The average molecular weight is 637 g/mol. The summed E-state index contributed by atoms with van der Waals surface area (Å²) in [5, 5.41) is 0. The van der Waals surface area contributed by atoms with Gasteiger partial charge in [-0.25, -0.2) is 30.8 Å². The Morgan fingerprint density at radius 1 is 0.651 bits per heavy atom. The number of nitrogens with zero attached hydrogens (tertiary/aromatic N) is 3. The quantitative estimate of drug-likeness (QED) is 0.204. The van der Waals surface area contributed by atoms with Crippen LogP contribution in [0.4, 0.5) is 0 Å². The molecule has 0 radical (unpaired) electrons. The molecule has 0 aliphatic heterocycles. The van der Waals surface area contributed by atoms with Gasteiger partial charge in [0.2, 0.25) is 0 Å². The Bertz CT molecular complexity index is 2070. The number of rotatable bonds is 3. The van der Waals surface area contributed by atoms with Crippen molar-refractivity contribution in [3.05, 3.63) is 119 Å². The molecule has 0 aliphatic rings. The summed E-state index contributed by atoms with van der Waals surface area (Å²) in [4.78, 5) is 11.8. The predicted molar refractivity (Wildman–Crippen MR) is 173 cm³/mol. The monoisotopic (exact) mass is 636 g/mol. The van der Waals surface area contributed by atoms with Gasteiger partial charge in [-0.15, -0.1) is 0 Å². The number of benzene rings is 4. The van der Waals surface area contributed by atoms with Crippen molar-refractivity contribution in [1.82, 2.24) is 18.9 Å². The Hall–Kier alpha value is -3.99. The van der Waals surface area contributed by atoms with Crippen LogP contribution in [-0.4, -0.2) is 35.8 Å². The number of fused-ring (bicyclic) bond motifs is 2. The van der Waals surface area contributed by atoms with Crippen LogP contribution in [-0.2, 0) is 19.1 Å². The summed E-state index contributed by atoms with van der Waals surface area (Å²) in [5.41, 5.74) is 8.39. The van der Waals surface area contributed by atoms with Crippen molar-refractivity contribution in [2.75, 3.05) is 0 Å². The molecule has 2 aromatic heterocycles. The third-order valence-corrected chi connectivity index (χ3v) is 10.3. The fourth-order valence-corrected chi connectivity index (χ4v) is 8.56. The largest absolute Gasteiger partial charge is 0.345 e. The molecule has 0 fully saturated rings. The molecular formula is C32H33ClN4O4S2. The molecule has 0 atom stereocenters. The Labute approximate surface area is 256 Å². The summed E-state index contributed by atoms with van der Waals surface area (Å²) in [6, 6.07) is 22.6. The average Bonchev–Trinajstić information content (AvgIpc) is 3.55. The van der Waals surface area contributed by atoms with E-state index < -0.39 is 19.1 Å². The second-order valence-electron chi connectivity index (χ2n) is 10.3. The van der Waals surface area contributed by atoms with E-state index in [4.69, 9.17) is 10.7 Å². The lowest BCUT2D eigenvalue weighted by atomic mass is 10.1. The van der Waals surface area contributed by atoms with Gasteiger partial charge in [0.1, 0.15) is 6.33 Å². The van der Waals surface area contributed by atoms with Crippen LogP contribution in [0.1, 0.15) is 33.4 Å². The number of aromatic amines is 1. The Balaban J connectivity index is 0.000000163. The van der Waals surface area contributed by atoms with E-state index in [1.54, 1.807) is 32.3 Å². The van der Waals surface area contributed by atoms with Gasteiger partial charge >= 0.3 is 0 Å². The summed E-state index contributed by atoms with van der Waals surface area (Å²) >= 11 is 0. The third kappa shape index (κ3) is 7.15. The fraction of sp³-hybridized carbons (Fsp3) is 0.188. The minimum absolute atomic E-state index is 0.236. The van der Waals surface area contributed by atoms with Crippen molar-refractivity contribution in [1.29, 1.82) is 0 Å². The molecule has 0 saturated carbocycles. The van der Waals surface area contributed by atoms with Crippen molar-refractivity contribution in [2.45, 2.75) is 51.3 Å². The van der Waals surface area contributed by atoms with Gasteiger partial charge < -0.3 is 4.98 Å². The number of aryl methyl sites for hydroxylation is 6. The molecule has 0 saturated heterocycles. The van der Waals surface area contributed by atoms with Gasteiger partial charge in [-0.3, -0.25) is 0 Å². The van der Waals surface area contributed by atoms with Gasteiger partial charge in [-0.1, -0.05) is 59.7 Å². The van der Waals surface area contributed by atoms with Crippen LogP contribution in [0.5, 0.6) is 0 Å². The van der Waals surface area contributed by atoms with E-state index >= 15 is 0 Å². The fourth-order valence-electron chi connectivity index (χ4n) is 5.23. The maximum absolute atomic E-state index is 13.0. The van der Waals surface area contributed by atoms with Gasteiger partial charge in [0, 0.05) is 10.7 Å². The molecule has 0 bridgehead atoms. The summed E-state index contributed by atoms with van der Waals surface area (Å²) in [7, 11) is -1.96. The molecule has 8 nitrogen and oxygen atoms in total. The standard InChI is InChI=1S/C16H16N2O2S.C9H11ClO2S.C7H6N2/c1-11-8-12(2)16(13(3)9-11)21(19,20)18-10-17-14-6-4-5-7-15(14)18;1-6-4-7(2)9(8(3)5-6)13(10,11)12;1-2-4-7-6(3-1)8-5-9-7/h4-10H,1-3H3;4-5H,1-3H3;1-5H,(H,8,9). The molecule has 6 rings (SSSR count). The Morgan fingerprint density at radius 3 is 1.67 bits per heavy atom. The first-order valence-electron chi connectivity index (χ1n) is 13.4. The first-order chi connectivity index (χ1) is 20.2. The Morgan fingerprint density at radius 2 is 1.14 bits per heavy atom. The molecular weight excluding hydrogens is 604 g/mol.